The van der Waals surface area contributed by atoms with Crippen molar-refractivity contribution < 1.29 is 9.59 Å². The minimum absolute atomic E-state index is 0. The highest BCUT2D eigenvalue weighted by Crippen LogP contribution is 2.23. The molecule has 2 amide bonds. The molecule has 2 aliphatic rings. The van der Waals surface area contributed by atoms with Gasteiger partial charge >= 0.3 is 0 Å². The van der Waals surface area contributed by atoms with E-state index in [1.165, 1.54) is 0 Å². The fourth-order valence-electron chi connectivity index (χ4n) is 3.21. The monoisotopic (exact) mass is 331 g/mol. The number of carbonyl (C=O) groups is 2. The minimum atomic E-state index is 0. The number of nitrogens with zero attached hydrogens (tertiary/aromatic N) is 2. The van der Waals surface area contributed by atoms with Gasteiger partial charge in [-0.3, -0.25) is 9.59 Å². The van der Waals surface area contributed by atoms with Crippen LogP contribution in [0.2, 0.25) is 0 Å². The molecule has 0 aromatic carbocycles. The first kappa shape index (κ1) is 19.2. The van der Waals surface area contributed by atoms with E-state index in [2.05, 4.69) is 5.32 Å². The third-order valence-electron chi connectivity index (χ3n) is 4.92. The first-order valence-electron chi connectivity index (χ1n) is 8.27. The summed E-state index contributed by atoms with van der Waals surface area (Å²) in [5.74, 6) is 0.747. The van der Waals surface area contributed by atoms with Gasteiger partial charge in [0.15, 0.2) is 0 Å². The van der Waals surface area contributed by atoms with Crippen molar-refractivity contribution >= 4 is 24.2 Å². The fourth-order valence-corrected chi connectivity index (χ4v) is 3.21. The standard InChI is InChI=1S/C16H29N3O2.ClH/c1-12(2)18(3)15(20)13-6-9-19(10-7-13)16(21)14-5-4-8-17-11-14;/h12-14,17H,4-11H2,1-3H3;1H. The van der Waals surface area contributed by atoms with E-state index in [0.717, 1.165) is 51.9 Å². The molecule has 6 heteroatoms. The largest absolute Gasteiger partial charge is 0.343 e. The van der Waals surface area contributed by atoms with Crippen molar-refractivity contribution in [1.82, 2.24) is 15.1 Å². The van der Waals surface area contributed by atoms with Gasteiger partial charge in [0.25, 0.3) is 0 Å². The van der Waals surface area contributed by atoms with E-state index in [9.17, 15) is 9.59 Å². The summed E-state index contributed by atoms with van der Waals surface area (Å²) in [7, 11) is 1.87. The molecule has 0 radical (unpaired) electrons. The maximum Gasteiger partial charge on any atom is 0.226 e. The zero-order valence-corrected chi connectivity index (χ0v) is 14.8. The van der Waals surface area contributed by atoms with Crippen LogP contribution in [0.15, 0.2) is 0 Å². The zero-order valence-electron chi connectivity index (χ0n) is 14.0. The number of likely N-dealkylation sites (tertiary alicyclic amines) is 1. The maximum absolute atomic E-state index is 12.5. The van der Waals surface area contributed by atoms with Crippen molar-refractivity contribution in [2.24, 2.45) is 11.8 Å². The Bertz CT molecular complexity index is 376. The molecule has 1 unspecified atom stereocenters. The molecule has 128 valence electrons. The normalized spacial score (nSPS) is 23.1. The second-order valence-corrected chi connectivity index (χ2v) is 6.69. The van der Waals surface area contributed by atoms with Crippen LogP contribution in [-0.4, -0.2) is 60.9 Å². The Kier molecular flexibility index (Phi) is 7.63. The molecule has 1 N–H and O–H groups in total. The topological polar surface area (TPSA) is 52.7 Å². The van der Waals surface area contributed by atoms with Crippen molar-refractivity contribution in [2.45, 2.75) is 45.6 Å². The van der Waals surface area contributed by atoms with Crippen molar-refractivity contribution in [3.8, 4) is 0 Å². The summed E-state index contributed by atoms with van der Waals surface area (Å²) in [6.07, 6.45) is 3.70. The highest BCUT2D eigenvalue weighted by atomic mass is 35.5. The smallest absolute Gasteiger partial charge is 0.226 e. The van der Waals surface area contributed by atoms with E-state index < -0.39 is 0 Å². The van der Waals surface area contributed by atoms with Crippen LogP contribution in [0.4, 0.5) is 0 Å². The number of nitrogens with one attached hydrogen (secondary N) is 1. The molecule has 2 aliphatic heterocycles. The summed E-state index contributed by atoms with van der Waals surface area (Å²) in [5.41, 5.74) is 0. The highest BCUT2D eigenvalue weighted by Gasteiger charge is 2.32. The molecule has 0 aliphatic carbocycles. The summed E-state index contributed by atoms with van der Waals surface area (Å²) in [6, 6.07) is 0.241. The second kappa shape index (κ2) is 8.73. The average Bonchev–Trinajstić information content (AvgIpc) is 2.53. The van der Waals surface area contributed by atoms with Crippen LogP contribution in [0.3, 0.4) is 0 Å². The molecule has 2 rings (SSSR count). The lowest BCUT2D eigenvalue weighted by Gasteiger charge is -2.36. The van der Waals surface area contributed by atoms with Gasteiger partial charge in [-0.1, -0.05) is 0 Å². The molecule has 0 bridgehead atoms. The van der Waals surface area contributed by atoms with Gasteiger partial charge in [0.1, 0.15) is 0 Å². The third kappa shape index (κ3) is 4.59. The number of carbonyl (C=O) groups excluding carboxylic acids is 2. The van der Waals surface area contributed by atoms with Crippen LogP contribution in [0, 0.1) is 11.8 Å². The van der Waals surface area contributed by atoms with Crippen LogP contribution in [-0.2, 0) is 9.59 Å². The molecule has 22 heavy (non-hydrogen) atoms. The van der Waals surface area contributed by atoms with Gasteiger partial charge in [-0.25, -0.2) is 0 Å². The van der Waals surface area contributed by atoms with Crippen LogP contribution in [0.5, 0.6) is 0 Å². The Labute approximate surface area is 140 Å². The molecule has 2 heterocycles. The van der Waals surface area contributed by atoms with E-state index in [4.69, 9.17) is 0 Å². The molecule has 2 fully saturated rings. The van der Waals surface area contributed by atoms with E-state index in [-0.39, 0.29) is 42.1 Å². The predicted molar refractivity (Wildman–Crippen MR) is 90.1 cm³/mol. The zero-order chi connectivity index (χ0) is 15.4. The van der Waals surface area contributed by atoms with E-state index in [1.54, 1.807) is 0 Å². The van der Waals surface area contributed by atoms with Crippen LogP contribution < -0.4 is 5.32 Å². The van der Waals surface area contributed by atoms with Gasteiger partial charge in [-0.2, -0.15) is 0 Å². The number of piperidine rings is 2. The molecular weight excluding hydrogens is 302 g/mol. The van der Waals surface area contributed by atoms with Crippen molar-refractivity contribution in [1.29, 1.82) is 0 Å². The Balaban J connectivity index is 0.00000242. The van der Waals surface area contributed by atoms with Gasteiger partial charge in [0.05, 0.1) is 5.92 Å². The molecule has 0 saturated carbocycles. The van der Waals surface area contributed by atoms with Crippen molar-refractivity contribution in [3.05, 3.63) is 0 Å². The lowest BCUT2D eigenvalue weighted by atomic mass is 9.92. The molecule has 5 nitrogen and oxygen atoms in total. The Hall–Kier alpha value is -0.810. The predicted octanol–water partition coefficient (Wildman–Crippen LogP) is 1.51. The van der Waals surface area contributed by atoms with Crippen LogP contribution in [0.1, 0.15) is 39.5 Å². The summed E-state index contributed by atoms with van der Waals surface area (Å²) >= 11 is 0. The number of halogens is 1. The van der Waals surface area contributed by atoms with Crippen molar-refractivity contribution in [2.75, 3.05) is 33.2 Å². The van der Waals surface area contributed by atoms with Gasteiger partial charge in [0.2, 0.25) is 11.8 Å². The molecule has 0 aromatic heterocycles. The minimum Gasteiger partial charge on any atom is -0.343 e. The third-order valence-corrected chi connectivity index (χ3v) is 4.92. The number of hydrogen-bond acceptors (Lipinski definition) is 3. The second-order valence-electron chi connectivity index (χ2n) is 6.69. The molecule has 1 atom stereocenters. The quantitative estimate of drug-likeness (QED) is 0.853. The van der Waals surface area contributed by atoms with Crippen LogP contribution in [0.25, 0.3) is 0 Å². The average molecular weight is 332 g/mol. The number of rotatable bonds is 3. The summed E-state index contributed by atoms with van der Waals surface area (Å²) in [6.45, 7) is 7.38. The molecule has 2 saturated heterocycles. The lowest BCUT2D eigenvalue weighted by Crippen LogP contribution is -2.48. The summed E-state index contributed by atoms with van der Waals surface area (Å²) in [5, 5.41) is 3.30. The Morgan fingerprint density at radius 3 is 2.27 bits per heavy atom. The van der Waals surface area contributed by atoms with Crippen molar-refractivity contribution in [3.63, 3.8) is 0 Å². The van der Waals surface area contributed by atoms with Crippen LogP contribution >= 0.6 is 12.4 Å². The lowest BCUT2D eigenvalue weighted by molar-refractivity contribution is -0.143. The summed E-state index contributed by atoms with van der Waals surface area (Å²) in [4.78, 5) is 28.6. The van der Waals surface area contributed by atoms with Gasteiger partial charge in [0, 0.05) is 38.6 Å². The maximum atomic E-state index is 12.5. The van der Waals surface area contributed by atoms with Gasteiger partial charge in [-0.15, -0.1) is 12.4 Å². The van der Waals surface area contributed by atoms with E-state index in [1.807, 2.05) is 30.7 Å². The van der Waals surface area contributed by atoms with Gasteiger partial charge < -0.3 is 15.1 Å². The molecule has 0 spiro atoms. The van der Waals surface area contributed by atoms with E-state index in [0.29, 0.717) is 0 Å². The molecule has 0 aromatic rings. The number of amides is 2. The Morgan fingerprint density at radius 1 is 1.14 bits per heavy atom. The summed E-state index contributed by atoms with van der Waals surface area (Å²) < 4.78 is 0. The van der Waals surface area contributed by atoms with Gasteiger partial charge in [-0.05, 0) is 46.1 Å². The SMILES string of the molecule is CC(C)N(C)C(=O)C1CCN(C(=O)C2CCCNC2)CC1.Cl. The van der Waals surface area contributed by atoms with E-state index >= 15 is 0 Å². The highest BCUT2D eigenvalue weighted by molar-refractivity contribution is 5.85. The fraction of sp³-hybridized carbons (Fsp3) is 0.875. The Morgan fingerprint density at radius 2 is 1.77 bits per heavy atom. The first-order chi connectivity index (χ1) is 10.0. The number of hydrogen-bond donors (Lipinski definition) is 1. The molecular formula is C16H30ClN3O2. The first-order valence-corrected chi connectivity index (χ1v) is 8.27.